The Kier molecular flexibility index (Phi) is 5.24. The van der Waals surface area contributed by atoms with E-state index in [1.54, 1.807) is 0 Å². The fraction of sp³-hybridized carbons (Fsp3) is 0.545. The van der Waals surface area contributed by atoms with Crippen molar-refractivity contribution in [2.24, 2.45) is 17.3 Å². The average Bonchev–Trinajstić information content (AvgIpc) is 2.94. The monoisotopic (exact) mass is 510 g/mol. The molecule has 6 heteroatoms. The molecule has 0 heterocycles. The van der Waals surface area contributed by atoms with Crippen LogP contribution in [0.3, 0.4) is 0 Å². The van der Waals surface area contributed by atoms with Gasteiger partial charge in [-0.15, -0.1) is 0 Å². The third-order valence-electron chi connectivity index (χ3n) is 6.93. The summed E-state index contributed by atoms with van der Waals surface area (Å²) in [5, 5.41) is 0. The van der Waals surface area contributed by atoms with Crippen LogP contribution < -0.4 is 4.74 Å². The molecule has 4 rings (SSSR count). The quantitative estimate of drug-likeness (QED) is 0.360. The average molecular weight is 512 g/mol. The second-order valence-corrected chi connectivity index (χ2v) is 10.1. The number of benzene rings is 1. The third kappa shape index (κ3) is 3.17. The Labute approximate surface area is 182 Å². The standard InChI is InChI=1S/C22H24Br2O4/c1-11(25)27-19-7-6-17-14-4-5-15-16(13(14)8-9-22(17,19)3)10-18(23)21(20(15)24)28-12(2)26/h4-5,10,13-14,17,19H,6-9H2,1-3H3/t13-,14+,17-,19-,22-/m0/s1. The number of carbonyl (C=O) groups is 2. The van der Waals surface area contributed by atoms with Crippen LogP contribution in [0.15, 0.2) is 21.1 Å². The van der Waals surface area contributed by atoms with E-state index in [0.29, 0.717) is 23.5 Å². The number of allylic oxidation sites excluding steroid dienone is 1. The molecule has 150 valence electrons. The summed E-state index contributed by atoms with van der Waals surface area (Å²) in [6, 6.07) is 2.11. The Morgan fingerprint density at radius 3 is 2.57 bits per heavy atom. The molecule has 5 atom stereocenters. The van der Waals surface area contributed by atoms with Crippen molar-refractivity contribution in [3.63, 3.8) is 0 Å². The summed E-state index contributed by atoms with van der Waals surface area (Å²) < 4.78 is 12.7. The molecule has 3 aliphatic rings. The van der Waals surface area contributed by atoms with Crippen LogP contribution >= 0.6 is 31.9 Å². The summed E-state index contributed by atoms with van der Waals surface area (Å²) in [6.07, 6.45) is 8.64. The minimum atomic E-state index is -0.338. The van der Waals surface area contributed by atoms with Gasteiger partial charge in [-0.2, -0.15) is 0 Å². The molecule has 0 unspecified atom stereocenters. The first kappa shape index (κ1) is 20.1. The van der Waals surface area contributed by atoms with E-state index >= 15 is 0 Å². The summed E-state index contributed by atoms with van der Waals surface area (Å²) in [6.45, 7) is 5.22. The highest BCUT2D eigenvalue weighted by atomic mass is 79.9. The maximum atomic E-state index is 11.6. The van der Waals surface area contributed by atoms with E-state index in [1.165, 1.54) is 19.4 Å². The number of halogens is 2. The van der Waals surface area contributed by atoms with Crippen LogP contribution in [-0.4, -0.2) is 18.0 Å². The third-order valence-corrected chi connectivity index (χ3v) is 8.31. The van der Waals surface area contributed by atoms with Gasteiger partial charge in [-0.3, -0.25) is 9.59 Å². The fourth-order valence-corrected chi connectivity index (χ4v) is 7.17. The SMILES string of the molecule is CC(=O)Oc1c(Br)cc2c(c1Br)C=C[C@@H]1[C@@H]2CC[C@]2(C)[C@@H](OC(C)=O)CC[C@@H]12. The van der Waals surface area contributed by atoms with Crippen LogP contribution in [0, 0.1) is 17.3 Å². The maximum Gasteiger partial charge on any atom is 0.308 e. The van der Waals surface area contributed by atoms with Gasteiger partial charge in [-0.1, -0.05) is 19.1 Å². The summed E-state index contributed by atoms with van der Waals surface area (Å²) in [7, 11) is 0. The number of esters is 2. The van der Waals surface area contributed by atoms with Gasteiger partial charge in [0.15, 0.2) is 5.75 Å². The molecule has 2 saturated carbocycles. The molecule has 0 radical (unpaired) electrons. The van der Waals surface area contributed by atoms with Gasteiger partial charge in [0.05, 0.1) is 8.95 Å². The van der Waals surface area contributed by atoms with Crippen LogP contribution in [0.1, 0.15) is 63.5 Å². The van der Waals surface area contributed by atoms with Crippen molar-refractivity contribution in [3.05, 3.63) is 32.2 Å². The van der Waals surface area contributed by atoms with Crippen LogP contribution in [0.25, 0.3) is 6.08 Å². The molecular formula is C22H24Br2O4. The molecule has 0 spiro atoms. The lowest BCUT2D eigenvalue weighted by Crippen LogP contribution is -2.44. The first-order valence-electron chi connectivity index (χ1n) is 9.78. The molecule has 1 aromatic carbocycles. The van der Waals surface area contributed by atoms with Crippen molar-refractivity contribution < 1.29 is 19.1 Å². The molecule has 2 fully saturated rings. The lowest BCUT2D eigenvalue weighted by atomic mass is 9.57. The first-order chi connectivity index (χ1) is 13.2. The zero-order chi connectivity index (χ0) is 20.2. The highest BCUT2D eigenvalue weighted by Gasteiger charge is 2.55. The highest BCUT2D eigenvalue weighted by Crippen LogP contribution is 2.61. The number of rotatable bonds is 2. The molecule has 0 bridgehead atoms. The number of ether oxygens (including phenoxy) is 2. The van der Waals surface area contributed by atoms with E-state index in [4.69, 9.17) is 9.47 Å². The fourth-order valence-electron chi connectivity index (χ4n) is 5.73. The van der Waals surface area contributed by atoms with Crippen molar-refractivity contribution in [2.45, 2.75) is 58.5 Å². The summed E-state index contributed by atoms with van der Waals surface area (Å²) >= 11 is 7.24. The van der Waals surface area contributed by atoms with Gasteiger partial charge < -0.3 is 9.47 Å². The predicted octanol–water partition coefficient (Wildman–Crippen LogP) is 6.01. The number of hydrogen-bond donors (Lipinski definition) is 0. The zero-order valence-electron chi connectivity index (χ0n) is 16.3. The lowest BCUT2D eigenvalue weighted by Gasteiger charge is -2.48. The molecule has 28 heavy (non-hydrogen) atoms. The van der Waals surface area contributed by atoms with Gasteiger partial charge in [0.25, 0.3) is 0 Å². The molecule has 4 nitrogen and oxygen atoms in total. The minimum Gasteiger partial charge on any atom is -0.462 e. The van der Waals surface area contributed by atoms with Crippen LogP contribution in [0.5, 0.6) is 5.75 Å². The van der Waals surface area contributed by atoms with E-state index in [1.807, 2.05) is 0 Å². The first-order valence-corrected chi connectivity index (χ1v) is 11.4. The van der Waals surface area contributed by atoms with Gasteiger partial charge in [0, 0.05) is 19.3 Å². The topological polar surface area (TPSA) is 52.6 Å². The summed E-state index contributed by atoms with van der Waals surface area (Å²) in [4.78, 5) is 23.0. The second kappa shape index (κ2) is 7.28. The van der Waals surface area contributed by atoms with E-state index in [-0.39, 0.29) is 23.5 Å². The van der Waals surface area contributed by atoms with E-state index in [9.17, 15) is 9.59 Å². The largest absolute Gasteiger partial charge is 0.462 e. The number of fused-ring (bicyclic) bond motifs is 5. The normalized spacial score (nSPS) is 32.9. The van der Waals surface area contributed by atoms with Gasteiger partial charge in [0.2, 0.25) is 0 Å². The lowest BCUT2D eigenvalue weighted by molar-refractivity contribution is -0.154. The van der Waals surface area contributed by atoms with Crippen molar-refractivity contribution in [1.29, 1.82) is 0 Å². The van der Waals surface area contributed by atoms with Gasteiger partial charge in [-0.25, -0.2) is 0 Å². The van der Waals surface area contributed by atoms with Crippen LogP contribution in [0.2, 0.25) is 0 Å². The zero-order valence-corrected chi connectivity index (χ0v) is 19.4. The molecule has 0 aromatic heterocycles. The Balaban J connectivity index is 1.69. The number of carbonyl (C=O) groups excluding carboxylic acids is 2. The van der Waals surface area contributed by atoms with Crippen molar-refractivity contribution in [2.75, 3.05) is 0 Å². The molecule has 0 amide bonds. The maximum absolute atomic E-state index is 11.6. The summed E-state index contributed by atoms with van der Waals surface area (Å²) in [5.74, 6) is 1.38. The Hall–Kier alpha value is -1.14. The predicted molar refractivity (Wildman–Crippen MR) is 114 cm³/mol. The highest BCUT2D eigenvalue weighted by molar-refractivity contribution is 9.11. The Bertz CT molecular complexity index is 878. The molecule has 3 aliphatic carbocycles. The Morgan fingerprint density at radius 2 is 1.89 bits per heavy atom. The smallest absolute Gasteiger partial charge is 0.308 e. The molecule has 0 saturated heterocycles. The minimum absolute atomic E-state index is 0.0237. The molecule has 0 N–H and O–H groups in total. The van der Waals surface area contributed by atoms with Crippen molar-refractivity contribution in [3.8, 4) is 5.75 Å². The van der Waals surface area contributed by atoms with E-state index in [0.717, 1.165) is 40.2 Å². The summed E-state index contributed by atoms with van der Waals surface area (Å²) in [5.41, 5.74) is 2.43. The Morgan fingerprint density at radius 1 is 1.14 bits per heavy atom. The van der Waals surface area contributed by atoms with Crippen molar-refractivity contribution in [1.82, 2.24) is 0 Å². The molecular weight excluding hydrogens is 488 g/mol. The van der Waals surface area contributed by atoms with Gasteiger partial charge in [0.1, 0.15) is 6.10 Å². The van der Waals surface area contributed by atoms with Crippen LogP contribution in [0.4, 0.5) is 0 Å². The van der Waals surface area contributed by atoms with E-state index in [2.05, 4.69) is 57.0 Å². The van der Waals surface area contributed by atoms with E-state index < -0.39 is 0 Å². The molecule has 1 aromatic rings. The number of hydrogen-bond acceptors (Lipinski definition) is 4. The molecule has 0 aliphatic heterocycles. The van der Waals surface area contributed by atoms with Gasteiger partial charge >= 0.3 is 11.9 Å². The van der Waals surface area contributed by atoms with Gasteiger partial charge in [-0.05, 0) is 92.5 Å². The van der Waals surface area contributed by atoms with Crippen molar-refractivity contribution >= 4 is 49.9 Å². The van der Waals surface area contributed by atoms with Crippen LogP contribution in [-0.2, 0) is 14.3 Å². The second-order valence-electron chi connectivity index (χ2n) is 8.47.